The summed E-state index contributed by atoms with van der Waals surface area (Å²) >= 11 is 6.09. The van der Waals surface area contributed by atoms with Gasteiger partial charge in [0.15, 0.2) is 0 Å². The highest BCUT2D eigenvalue weighted by atomic mass is 35.5. The Bertz CT molecular complexity index is 3140. The van der Waals surface area contributed by atoms with E-state index in [1.807, 2.05) is 78.6 Å². The number of alkyl halides is 3. The van der Waals surface area contributed by atoms with Crippen LogP contribution >= 0.6 is 11.6 Å². The number of fused-ring (bicyclic) bond motifs is 2. The molecule has 2 saturated heterocycles. The number of hydrogen-bond acceptors (Lipinski definition) is 7. The number of benzene rings is 4. The second kappa shape index (κ2) is 19.2. The number of aryl methyl sites for hydroxylation is 1. The molecule has 4 aromatic heterocycles. The van der Waals surface area contributed by atoms with Crippen LogP contribution in [0.2, 0.25) is 5.02 Å². The van der Waals surface area contributed by atoms with Crippen molar-refractivity contribution in [2.45, 2.75) is 51.9 Å². The van der Waals surface area contributed by atoms with Crippen LogP contribution < -0.4 is 15.9 Å². The maximum atomic E-state index is 13.0. The first-order valence-corrected chi connectivity index (χ1v) is 22.6. The number of pyridine rings is 2. The third kappa shape index (κ3) is 9.72. The lowest BCUT2D eigenvalue weighted by molar-refractivity contribution is -0.137. The normalized spacial score (nSPS) is 14.6. The average Bonchev–Trinajstić information content (AvgIpc) is 4.16. The molecule has 4 aromatic carbocycles. The molecule has 0 amide bonds. The third-order valence-corrected chi connectivity index (χ3v) is 13.0. The Balaban J connectivity index is 0.000000166. The van der Waals surface area contributed by atoms with Gasteiger partial charge in [0.05, 0.1) is 49.2 Å². The Morgan fingerprint density at radius 2 is 1.11 bits per heavy atom. The van der Waals surface area contributed by atoms with Crippen LogP contribution in [-0.4, -0.2) is 84.9 Å². The summed E-state index contributed by atoms with van der Waals surface area (Å²) < 4.78 is 51.2. The van der Waals surface area contributed by atoms with E-state index in [0.29, 0.717) is 16.8 Å². The summed E-state index contributed by atoms with van der Waals surface area (Å²) in [5, 5.41) is 11.0. The fourth-order valence-corrected chi connectivity index (χ4v) is 9.31. The maximum Gasteiger partial charge on any atom is 0.416 e. The quantitative estimate of drug-likeness (QED) is 0.128. The van der Waals surface area contributed by atoms with E-state index in [0.717, 1.165) is 101 Å². The number of nitrogens with zero attached hydrogens (tertiary/aromatic N) is 8. The van der Waals surface area contributed by atoms with Crippen LogP contribution in [0.3, 0.4) is 0 Å². The van der Waals surface area contributed by atoms with Crippen LogP contribution in [0.4, 0.5) is 13.2 Å². The summed E-state index contributed by atoms with van der Waals surface area (Å²) in [5.41, 5.74) is 6.27. The monoisotopic (exact) mass is 914 g/mol. The maximum absolute atomic E-state index is 13.0. The number of rotatable bonds is 11. The predicted octanol–water partition coefficient (Wildman–Crippen LogP) is 9.89. The van der Waals surface area contributed by atoms with Crippen molar-refractivity contribution in [3.63, 3.8) is 0 Å². The lowest BCUT2D eigenvalue weighted by atomic mass is 10.0. The minimum absolute atomic E-state index is 0.0570. The molecule has 0 aliphatic carbocycles. The second-order valence-corrected chi connectivity index (χ2v) is 17.3. The Kier molecular flexibility index (Phi) is 13.0. The van der Waals surface area contributed by atoms with Crippen LogP contribution in [0.15, 0.2) is 131 Å². The summed E-state index contributed by atoms with van der Waals surface area (Å²) in [7, 11) is 1.66. The molecule has 8 aromatic rings. The first kappa shape index (κ1) is 44.7. The van der Waals surface area contributed by atoms with Gasteiger partial charge in [-0.25, -0.2) is 0 Å². The van der Waals surface area contributed by atoms with E-state index in [1.54, 1.807) is 36.2 Å². The van der Waals surface area contributed by atoms with Gasteiger partial charge in [-0.3, -0.25) is 28.1 Å². The molecule has 0 radical (unpaired) electrons. The van der Waals surface area contributed by atoms with Crippen molar-refractivity contribution >= 4 is 33.4 Å². The molecule has 10 rings (SSSR count). The standard InChI is InChI=1S/C26H28N4O2.C25H22ClF3N4O/c1-19-15-23(32-2)6-7-24(19)20-9-12-29(26(31)17-20)22-5-8-25-21(16-22)18-27-30(25)14-13-28-10-3-4-11-28;26-22-15-19(25(27,28)29)3-5-21(22)17-7-10-32(24(34)14-17)20-4-6-23-18(13-20)16-30-33(23)12-11-31-8-1-2-9-31/h5-9,12,15-18H,3-4,10-11,13-14H2,1-2H3;3-7,10,13-16H,1-2,8-9,11-12H2. The molecule has 15 heteroatoms. The van der Waals surface area contributed by atoms with Crippen molar-refractivity contribution in [3.05, 3.63) is 159 Å². The topological polar surface area (TPSA) is 95.3 Å². The van der Waals surface area contributed by atoms with Crippen molar-refractivity contribution < 1.29 is 17.9 Å². The molecule has 340 valence electrons. The van der Waals surface area contributed by atoms with Gasteiger partial charge < -0.3 is 14.5 Å². The van der Waals surface area contributed by atoms with Crippen LogP contribution in [0.25, 0.3) is 55.4 Å². The first-order chi connectivity index (χ1) is 31.9. The van der Waals surface area contributed by atoms with E-state index < -0.39 is 11.7 Å². The SMILES string of the molecule is COc1ccc(-c2ccn(-c3ccc4c(cnn4CCN4CCCC4)c3)c(=O)c2)c(C)c1.O=c1cc(-c2ccc(C(F)(F)F)cc2Cl)ccn1-c1ccc2c(cnn2CCN2CCCC2)c1. The molecule has 0 unspecified atom stereocenters. The van der Waals surface area contributed by atoms with Gasteiger partial charge in [0.2, 0.25) is 0 Å². The number of halogens is 4. The molecule has 0 atom stereocenters. The molecule has 0 spiro atoms. The number of methoxy groups -OCH3 is 1. The number of likely N-dealkylation sites (tertiary alicyclic amines) is 2. The average molecular weight is 915 g/mol. The van der Waals surface area contributed by atoms with E-state index in [9.17, 15) is 22.8 Å². The summed E-state index contributed by atoms with van der Waals surface area (Å²) in [5.74, 6) is 0.814. The van der Waals surface area contributed by atoms with Crippen LogP contribution in [0.1, 0.15) is 36.8 Å². The zero-order valence-corrected chi connectivity index (χ0v) is 37.6. The van der Waals surface area contributed by atoms with Crippen LogP contribution in [0, 0.1) is 6.92 Å². The van der Waals surface area contributed by atoms with Crippen molar-refractivity contribution in [1.82, 2.24) is 38.5 Å². The minimum Gasteiger partial charge on any atom is -0.497 e. The lowest BCUT2D eigenvalue weighted by Gasteiger charge is -2.14. The molecule has 2 aliphatic rings. The molecule has 6 heterocycles. The third-order valence-electron chi connectivity index (χ3n) is 12.7. The summed E-state index contributed by atoms with van der Waals surface area (Å²) in [6, 6.07) is 27.6. The van der Waals surface area contributed by atoms with Gasteiger partial charge in [-0.15, -0.1) is 0 Å². The van der Waals surface area contributed by atoms with Crippen molar-refractivity contribution in [1.29, 1.82) is 0 Å². The number of aromatic nitrogens is 6. The Morgan fingerprint density at radius 1 is 0.606 bits per heavy atom. The fraction of sp³-hybridized carbons (Fsp3) is 0.294. The first-order valence-electron chi connectivity index (χ1n) is 22.3. The smallest absolute Gasteiger partial charge is 0.416 e. The highest BCUT2D eigenvalue weighted by Crippen LogP contribution is 2.35. The van der Waals surface area contributed by atoms with E-state index in [1.165, 1.54) is 55.5 Å². The minimum atomic E-state index is -4.48. The summed E-state index contributed by atoms with van der Waals surface area (Å²) in [6.07, 6.45) is 7.76. The molecule has 66 heavy (non-hydrogen) atoms. The Hall–Kier alpha value is -6.48. The summed E-state index contributed by atoms with van der Waals surface area (Å²) in [6.45, 7) is 10.4. The van der Waals surface area contributed by atoms with E-state index >= 15 is 0 Å². The molecule has 0 bridgehead atoms. The highest BCUT2D eigenvalue weighted by Gasteiger charge is 2.31. The summed E-state index contributed by atoms with van der Waals surface area (Å²) in [4.78, 5) is 30.7. The van der Waals surface area contributed by atoms with Crippen LogP contribution in [0.5, 0.6) is 5.75 Å². The Labute approximate surface area is 384 Å². The van der Waals surface area contributed by atoms with E-state index in [-0.39, 0.29) is 16.1 Å². The molecular formula is C51H50ClF3N8O3. The zero-order valence-electron chi connectivity index (χ0n) is 36.8. The molecule has 11 nitrogen and oxygen atoms in total. The van der Waals surface area contributed by atoms with Gasteiger partial charge in [-0.05, 0) is 154 Å². The molecule has 0 saturated carbocycles. The zero-order chi connectivity index (χ0) is 46.0. The van der Waals surface area contributed by atoms with Crippen LogP contribution in [-0.2, 0) is 19.3 Å². The number of ether oxygens (including phenoxy) is 1. The number of hydrogen-bond donors (Lipinski definition) is 0. The van der Waals surface area contributed by atoms with Gasteiger partial charge >= 0.3 is 6.18 Å². The van der Waals surface area contributed by atoms with Crippen molar-refractivity contribution in [2.75, 3.05) is 46.4 Å². The lowest BCUT2D eigenvalue weighted by Crippen LogP contribution is -2.24. The van der Waals surface area contributed by atoms with Crippen molar-refractivity contribution in [3.8, 4) is 39.4 Å². The molecule has 2 fully saturated rings. The molecular weight excluding hydrogens is 865 g/mol. The fourth-order valence-electron chi connectivity index (χ4n) is 9.02. The largest absolute Gasteiger partial charge is 0.497 e. The van der Waals surface area contributed by atoms with Gasteiger partial charge in [0, 0.05) is 70.3 Å². The van der Waals surface area contributed by atoms with Gasteiger partial charge in [0.25, 0.3) is 11.1 Å². The van der Waals surface area contributed by atoms with E-state index in [4.69, 9.17) is 16.3 Å². The highest BCUT2D eigenvalue weighted by molar-refractivity contribution is 6.33. The Morgan fingerprint density at radius 3 is 1.56 bits per heavy atom. The predicted molar refractivity (Wildman–Crippen MR) is 254 cm³/mol. The van der Waals surface area contributed by atoms with Gasteiger partial charge in [-0.2, -0.15) is 23.4 Å². The van der Waals surface area contributed by atoms with E-state index in [2.05, 4.69) is 30.7 Å². The van der Waals surface area contributed by atoms with Gasteiger partial charge in [-0.1, -0.05) is 23.7 Å². The molecule has 2 aliphatic heterocycles. The second-order valence-electron chi connectivity index (χ2n) is 16.9. The molecule has 0 N–H and O–H groups in total. The van der Waals surface area contributed by atoms with Crippen molar-refractivity contribution in [2.24, 2.45) is 0 Å². The van der Waals surface area contributed by atoms with Gasteiger partial charge in [0.1, 0.15) is 5.75 Å².